The highest BCUT2D eigenvalue weighted by Crippen LogP contribution is 2.32. The Kier molecular flexibility index (Phi) is 3.26. The first-order chi connectivity index (χ1) is 6.04. The largest absolute Gasteiger partial charge is 0.265 e. The SMILES string of the molecule is CC(C)c1cccc(C(F)F)c1Cl. The molecule has 0 radical (unpaired) electrons. The molecular formula is C10H11ClF2. The van der Waals surface area contributed by atoms with Crippen LogP contribution >= 0.6 is 11.6 Å². The zero-order chi connectivity index (χ0) is 10.0. The Labute approximate surface area is 81.5 Å². The monoisotopic (exact) mass is 204 g/mol. The summed E-state index contributed by atoms with van der Waals surface area (Å²) in [5.41, 5.74) is 0.701. The van der Waals surface area contributed by atoms with E-state index >= 15 is 0 Å². The molecule has 0 aliphatic rings. The quantitative estimate of drug-likeness (QED) is 0.670. The molecule has 0 saturated carbocycles. The maximum atomic E-state index is 12.4. The molecule has 0 saturated heterocycles. The van der Waals surface area contributed by atoms with Crippen LogP contribution in [0, 0.1) is 0 Å². The predicted molar refractivity (Wildman–Crippen MR) is 50.5 cm³/mol. The van der Waals surface area contributed by atoms with E-state index in [0.29, 0.717) is 0 Å². The third-order valence-corrected chi connectivity index (χ3v) is 2.35. The van der Waals surface area contributed by atoms with E-state index in [2.05, 4.69) is 0 Å². The van der Waals surface area contributed by atoms with Gasteiger partial charge in [-0.3, -0.25) is 0 Å². The summed E-state index contributed by atoms with van der Waals surface area (Å²) in [7, 11) is 0. The van der Waals surface area contributed by atoms with Gasteiger partial charge in [0.25, 0.3) is 6.43 Å². The zero-order valence-electron chi connectivity index (χ0n) is 7.52. The van der Waals surface area contributed by atoms with Crippen molar-refractivity contribution >= 4 is 11.6 Å². The van der Waals surface area contributed by atoms with E-state index in [1.165, 1.54) is 6.07 Å². The van der Waals surface area contributed by atoms with Gasteiger partial charge in [0.2, 0.25) is 0 Å². The molecule has 0 bridgehead atoms. The Morgan fingerprint density at radius 1 is 1.15 bits per heavy atom. The van der Waals surface area contributed by atoms with Crippen LogP contribution in [0.5, 0.6) is 0 Å². The van der Waals surface area contributed by atoms with E-state index in [1.54, 1.807) is 12.1 Å². The van der Waals surface area contributed by atoms with E-state index in [9.17, 15) is 8.78 Å². The fraction of sp³-hybridized carbons (Fsp3) is 0.400. The van der Waals surface area contributed by atoms with Crippen molar-refractivity contribution in [3.63, 3.8) is 0 Å². The van der Waals surface area contributed by atoms with E-state index in [0.717, 1.165) is 5.56 Å². The lowest BCUT2D eigenvalue weighted by atomic mass is 10.0. The minimum atomic E-state index is -2.49. The summed E-state index contributed by atoms with van der Waals surface area (Å²) in [6.45, 7) is 3.85. The summed E-state index contributed by atoms with van der Waals surface area (Å²) >= 11 is 5.82. The molecule has 1 rings (SSSR count). The second-order valence-electron chi connectivity index (χ2n) is 3.21. The van der Waals surface area contributed by atoms with Crippen LogP contribution in [0.2, 0.25) is 5.02 Å². The number of benzene rings is 1. The standard InChI is InChI=1S/C10H11ClF2/c1-6(2)7-4-3-5-8(9(7)11)10(12)13/h3-6,10H,1-2H3. The molecule has 3 heteroatoms. The fourth-order valence-corrected chi connectivity index (χ4v) is 1.61. The third-order valence-electron chi connectivity index (χ3n) is 1.92. The maximum absolute atomic E-state index is 12.4. The first-order valence-corrected chi connectivity index (χ1v) is 4.48. The van der Waals surface area contributed by atoms with Gasteiger partial charge in [0, 0.05) is 5.56 Å². The van der Waals surface area contributed by atoms with Gasteiger partial charge in [0.1, 0.15) is 0 Å². The average Bonchev–Trinajstić information content (AvgIpc) is 2.03. The van der Waals surface area contributed by atoms with Crippen LogP contribution < -0.4 is 0 Å². The molecule has 13 heavy (non-hydrogen) atoms. The van der Waals surface area contributed by atoms with E-state index < -0.39 is 6.43 Å². The lowest BCUT2D eigenvalue weighted by Gasteiger charge is -2.11. The first kappa shape index (κ1) is 10.5. The summed E-state index contributed by atoms with van der Waals surface area (Å²) in [6, 6.07) is 4.75. The van der Waals surface area contributed by atoms with Crippen LogP contribution in [0.1, 0.15) is 37.3 Å². The molecule has 0 aromatic heterocycles. The molecule has 72 valence electrons. The molecule has 0 amide bonds. The Morgan fingerprint density at radius 2 is 1.69 bits per heavy atom. The molecule has 0 aliphatic carbocycles. The molecule has 0 fully saturated rings. The van der Waals surface area contributed by atoms with Crippen LogP contribution in [0.15, 0.2) is 18.2 Å². The second-order valence-corrected chi connectivity index (χ2v) is 3.58. The van der Waals surface area contributed by atoms with E-state index in [4.69, 9.17) is 11.6 Å². The fourth-order valence-electron chi connectivity index (χ4n) is 1.18. The van der Waals surface area contributed by atoms with Crippen molar-refractivity contribution in [3.8, 4) is 0 Å². The van der Waals surface area contributed by atoms with Crippen LogP contribution in [0.3, 0.4) is 0 Å². The highest BCUT2D eigenvalue weighted by atomic mass is 35.5. The van der Waals surface area contributed by atoms with Crippen molar-refractivity contribution in [1.29, 1.82) is 0 Å². The summed E-state index contributed by atoms with van der Waals surface area (Å²) in [5.74, 6) is 0.172. The smallest absolute Gasteiger partial charge is 0.205 e. The molecule has 0 unspecified atom stereocenters. The van der Waals surface area contributed by atoms with Crippen molar-refractivity contribution in [2.45, 2.75) is 26.2 Å². The van der Waals surface area contributed by atoms with Crippen LogP contribution in [-0.4, -0.2) is 0 Å². The zero-order valence-corrected chi connectivity index (χ0v) is 8.28. The van der Waals surface area contributed by atoms with Crippen LogP contribution in [0.25, 0.3) is 0 Å². The minimum absolute atomic E-state index is 0.0760. The van der Waals surface area contributed by atoms with Crippen molar-refractivity contribution in [2.75, 3.05) is 0 Å². The average molecular weight is 205 g/mol. The Balaban J connectivity index is 3.18. The maximum Gasteiger partial charge on any atom is 0.265 e. The van der Waals surface area contributed by atoms with Gasteiger partial charge in [0.05, 0.1) is 5.02 Å². The molecular weight excluding hydrogens is 194 g/mol. The van der Waals surface area contributed by atoms with Crippen molar-refractivity contribution in [1.82, 2.24) is 0 Å². The highest BCUT2D eigenvalue weighted by Gasteiger charge is 2.15. The van der Waals surface area contributed by atoms with Crippen molar-refractivity contribution in [2.24, 2.45) is 0 Å². The number of hydrogen-bond donors (Lipinski definition) is 0. The molecule has 0 heterocycles. The molecule has 1 aromatic carbocycles. The lowest BCUT2D eigenvalue weighted by molar-refractivity contribution is 0.151. The molecule has 0 spiro atoms. The number of rotatable bonds is 2. The Bertz CT molecular complexity index is 269. The molecule has 0 atom stereocenters. The van der Waals surface area contributed by atoms with E-state index in [1.807, 2.05) is 13.8 Å². The van der Waals surface area contributed by atoms with Gasteiger partial charge < -0.3 is 0 Å². The normalized spacial score (nSPS) is 11.3. The van der Waals surface area contributed by atoms with Gasteiger partial charge >= 0.3 is 0 Å². The van der Waals surface area contributed by atoms with E-state index in [-0.39, 0.29) is 16.5 Å². The van der Waals surface area contributed by atoms with Gasteiger partial charge in [0.15, 0.2) is 0 Å². The van der Waals surface area contributed by atoms with Gasteiger partial charge in [-0.1, -0.05) is 43.6 Å². The minimum Gasteiger partial charge on any atom is -0.205 e. The Morgan fingerprint density at radius 3 is 2.15 bits per heavy atom. The Hall–Kier alpha value is -0.630. The first-order valence-electron chi connectivity index (χ1n) is 4.10. The molecule has 0 aliphatic heterocycles. The molecule has 0 N–H and O–H groups in total. The highest BCUT2D eigenvalue weighted by molar-refractivity contribution is 6.32. The van der Waals surface area contributed by atoms with Gasteiger partial charge in [-0.25, -0.2) is 8.78 Å². The van der Waals surface area contributed by atoms with Gasteiger partial charge in [-0.05, 0) is 11.5 Å². The van der Waals surface area contributed by atoms with Crippen molar-refractivity contribution < 1.29 is 8.78 Å². The van der Waals surface area contributed by atoms with Crippen molar-refractivity contribution in [3.05, 3.63) is 34.3 Å². The third kappa shape index (κ3) is 2.19. The predicted octanol–water partition coefficient (Wildman–Crippen LogP) is 4.40. The van der Waals surface area contributed by atoms with Gasteiger partial charge in [-0.2, -0.15) is 0 Å². The molecule has 0 nitrogen and oxygen atoms in total. The number of hydrogen-bond acceptors (Lipinski definition) is 0. The number of halogens is 3. The van der Waals surface area contributed by atoms with Gasteiger partial charge in [-0.15, -0.1) is 0 Å². The summed E-state index contributed by atoms with van der Waals surface area (Å²) < 4.78 is 24.8. The molecule has 1 aromatic rings. The number of alkyl halides is 2. The summed E-state index contributed by atoms with van der Waals surface area (Å²) in [6.07, 6.45) is -2.49. The summed E-state index contributed by atoms with van der Waals surface area (Å²) in [4.78, 5) is 0. The summed E-state index contributed by atoms with van der Waals surface area (Å²) in [5, 5.41) is 0.201. The lowest BCUT2D eigenvalue weighted by Crippen LogP contribution is -1.93. The second kappa shape index (κ2) is 4.05. The topological polar surface area (TPSA) is 0 Å². The van der Waals surface area contributed by atoms with Crippen LogP contribution in [-0.2, 0) is 0 Å². The van der Waals surface area contributed by atoms with Crippen LogP contribution in [0.4, 0.5) is 8.78 Å².